The second kappa shape index (κ2) is 8.03. The molecule has 0 radical (unpaired) electrons. The molecule has 7 heteroatoms. The average molecular weight is 353 g/mol. The number of amides is 3. The van der Waals surface area contributed by atoms with Gasteiger partial charge >= 0.3 is 12.1 Å². The Bertz CT molecular complexity index is 872. The molecule has 0 aliphatic carbocycles. The molecule has 132 valence electrons. The summed E-state index contributed by atoms with van der Waals surface area (Å²) in [4.78, 5) is 24.7. The molecule has 2 aromatic rings. The Morgan fingerprint density at radius 1 is 1.19 bits per heavy atom. The Labute approximate surface area is 149 Å². The Hall–Kier alpha value is -3.53. The number of urea groups is 1. The quantitative estimate of drug-likeness (QED) is 0.834. The van der Waals surface area contributed by atoms with E-state index in [1.807, 2.05) is 0 Å². The zero-order valence-electron chi connectivity index (χ0n) is 13.8. The molecular formula is C19H16FN3O3. The molecule has 1 aliphatic heterocycles. The first-order valence-corrected chi connectivity index (χ1v) is 7.96. The Morgan fingerprint density at radius 2 is 1.96 bits per heavy atom. The van der Waals surface area contributed by atoms with Gasteiger partial charge in [-0.3, -0.25) is 4.90 Å². The fourth-order valence-corrected chi connectivity index (χ4v) is 2.35. The number of anilines is 2. The van der Waals surface area contributed by atoms with Crippen LogP contribution < -0.4 is 15.5 Å². The third-order valence-corrected chi connectivity index (χ3v) is 3.63. The zero-order chi connectivity index (χ0) is 18.4. The second-order valence-electron chi connectivity index (χ2n) is 5.40. The van der Waals surface area contributed by atoms with Gasteiger partial charge in [-0.25, -0.2) is 14.0 Å². The van der Waals surface area contributed by atoms with Crippen LogP contribution in [0.3, 0.4) is 0 Å². The van der Waals surface area contributed by atoms with Gasteiger partial charge in [0.15, 0.2) is 0 Å². The number of hydrogen-bond acceptors (Lipinski definition) is 3. The minimum absolute atomic E-state index is 0.106. The van der Waals surface area contributed by atoms with E-state index in [1.54, 1.807) is 41.3 Å². The lowest BCUT2D eigenvalue weighted by Crippen LogP contribution is -2.29. The largest absolute Gasteiger partial charge is 0.447 e. The van der Waals surface area contributed by atoms with Crippen LogP contribution in [0.1, 0.15) is 5.56 Å². The Balaban J connectivity index is 1.49. The van der Waals surface area contributed by atoms with Crippen molar-refractivity contribution in [2.24, 2.45) is 0 Å². The van der Waals surface area contributed by atoms with Crippen LogP contribution >= 0.6 is 0 Å². The number of nitrogens with one attached hydrogen (secondary N) is 2. The Morgan fingerprint density at radius 3 is 2.65 bits per heavy atom. The molecule has 0 unspecified atom stereocenters. The van der Waals surface area contributed by atoms with Gasteiger partial charge in [-0.05, 0) is 36.4 Å². The van der Waals surface area contributed by atoms with Crippen molar-refractivity contribution in [3.05, 3.63) is 59.9 Å². The summed E-state index contributed by atoms with van der Waals surface area (Å²) >= 11 is 0. The monoisotopic (exact) mass is 353 g/mol. The lowest BCUT2D eigenvalue weighted by Gasteiger charge is -2.11. The first kappa shape index (κ1) is 17.3. The summed E-state index contributed by atoms with van der Waals surface area (Å²) in [7, 11) is 0. The summed E-state index contributed by atoms with van der Waals surface area (Å²) < 4.78 is 18.3. The molecule has 0 bridgehead atoms. The van der Waals surface area contributed by atoms with Crippen LogP contribution in [0.2, 0.25) is 0 Å². The highest BCUT2D eigenvalue weighted by atomic mass is 19.1. The number of nitrogens with zero attached hydrogens (tertiary/aromatic N) is 1. The molecule has 0 spiro atoms. The van der Waals surface area contributed by atoms with E-state index in [0.717, 1.165) is 11.3 Å². The topological polar surface area (TPSA) is 70.7 Å². The van der Waals surface area contributed by atoms with Gasteiger partial charge in [0.25, 0.3) is 0 Å². The first-order valence-electron chi connectivity index (χ1n) is 7.96. The molecule has 1 fully saturated rings. The van der Waals surface area contributed by atoms with Crippen molar-refractivity contribution < 1.29 is 18.7 Å². The molecule has 0 aromatic heterocycles. The molecule has 2 N–H and O–H groups in total. The van der Waals surface area contributed by atoms with Gasteiger partial charge < -0.3 is 15.4 Å². The number of ether oxygens (including phenoxy) is 1. The van der Waals surface area contributed by atoms with Crippen molar-refractivity contribution in [3.63, 3.8) is 0 Å². The predicted molar refractivity (Wildman–Crippen MR) is 95.4 cm³/mol. The van der Waals surface area contributed by atoms with Crippen LogP contribution in [-0.4, -0.2) is 31.8 Å². The maximum absolute atomic E-state index is 13.4. The maximum atomic E-state index is 13.4. The molecule has 6 nitrogen and oxygen atoms in total. The van der Waals surface area contributed by atoms with Gasteiger partial charge in [0, 0.05) is 11.3 Å². The number of carbonyl (C=O) groups is 2. The van der Waals surface area contributed by atoms with Gasteiger partial charge in [-0.1, -0.05) is 24.0 Å². The molecule has 0 atom stereocenters. The van der Waals surface area contributed by atoms with Crippen LogP contribution in [0.5, 0.6) is 0 Å². The highest BCUT2D eigenvalue weighted by Gasteiger charge is 2.23. The highest BCUT2D eigenvalue weighted by Crippen LogP contribution is 2.18. The van der Waals surface area contributed by atoms with E-state index < -0.39 is 11.8 Å². The molecule has 3 amide bonds. The molecule has 1 saturated heterocycles. The van der Waals surface area contributed by atoms with Crippen LogP contribution in [0.25, 0.3) is 0 Å². The number of rotatable bonds is 3. The molecule has 1 heterocycles. The molecule has 2 aromatic carbocycles. The summed E-state index contributed by atoms with van der Waals surface area (Å²) in [6.45, 7) is 1.03. The maximum Gasteiger partial charge on any atom is 0.414 e. The first-order chi connectivity index (χ1) is 12.6. The van der Waals surface area contributed by atoms with Gasteiger partial charge in [0.1, 0.15) is 12.4 Å². The van der Waals surface area contributed by atoms with Gasteiger partial charge in [0.05, 0.1) is 18.8 Å². The molecule has 3 rings (SSSR count). The molecule has 0 saturated carbocycles. The number of hydrogen-bond donors (Lipinski definition) is 2. The third kappa shape index (κ3) is 4.30. The minimum atomic E-state index is -0.535. The van der Waals surface area contributed by atoms with Crippen molar-refractivity contribution in [3.8, 4) is 11.8 Å². The van der Waals surface area contributed by atoms with Crippen LogP contribution in [0.4, 0.5) is 25.4 Å². The van der Waals surface area contributed by atoms with E-state index in [2.05, 4.69) is 22.5 Å². The number of carbonyl (C=O) groups excluding carboxylic acids is 2. The minimum Gasteiger partial charge on any atom is -0.447 e. The van der Waals surface area contributed by atoms with Gasteiger partial charge in [-0.2, -0.15) is 0 Å². The molecule has 1 aliphatic rings. The van der Waals surface area contributed by atoms with E-state index >= 15 is 0 Å². The summed E-state index contributed by atoms with van der Waals surface area (Å²) in [5, 5.41) is 4.94. The average Bonchev–Trinajstić information content (AvgIpc) is 3.07. The van der Waals surface area contributed by atoms with Crippen LogP contribution in [0, 0.1) is 17.7 Å². The van der Waals surface area contributed by atoms with E-state index in [9.17, 15) is 14.0 Å². The number of halogens is 1. The highest BCUT2D eigenvalue weighted by molar-refractivity contribution is 5.90. The number of benzene rings is 2. The summed E-state index contributed by atoms with van der Waals surface area (Å²) in [5.74, 6) is 5.21. The zero-order valence-corrected chi connectivity index (χ0v) is 13.8. The molecular weight excluding hydrogens is 337 g/mol. The van der Waals surface area contributed by atoms with Crippen LogP contribution in [0.15, 0.2) is 48.5 Å². The summed E-state index contributed by atoms with van der Waals surface area (Å²) in [6, 6.07) is 12.5. The second-order valence-corrected chi connectivity index (χ2v) is 5.40. The molecule has 26 heavy (non-hydrogen) atoms. The van der Waals surface area contributed by atoms with Gasteiger partial charge in [-0.15, -0.1) is 0 Å². The summed E-state index contributed by atoms with van der Waals surface area (Å²) in [6.07, 6.45) is -0.353. The van der Waals surface area contributed by atoms with E-state index in [1.165, 1.54) is 12.1 Å². The van der Waals surface area contributed by atoms with Crippen LogP contribution in [-0.2, 0) is 4.74 Å². The van der Waals surface area contributed by atoms with Crippen molar-refractivity contribution in [1.82, 2.24) is 5.32 Å². The van der Waals surface area contributed by atoms with E-state index in [-0.39, 0.29) is 18.3 Å². The summed E-state index contributed by atoms with van der Waals surface area (Å²) in [5.41, 5.74) is 1.60. The van der Waals surface area contributed by atoms with Gasteiger partial charge in [0.2, 0.25) is 0 Å². The lowest BCUT2D eigenvalue weighted by atomic mass is 10.2. The predicted octanol–water partition coefficient (Wildman–Crippen LogP) is 2.96. The number of cyclic esters (lactones) is 1. The third-order valence-electron chi connectivity index (χ3n) is 3.63. The SMILES string of the molecule is O=C(NCC#Cc1ccc(N2CCOC2=O)cc1)Nc1ccccc1F. The smallest absolute Gasteiger partial charge is 0.414 e. The van der Waals surface area contributed by atoms with Crippen molar-refractivity contribution in [2.45, 2.75) is 0 Å². The fourth-order valence-electron chi connectivity index (χ4n) is 2.35. The van der Waals surface area contributed by atoms with E-state index in [4.69, 9.17) is 4.74 Å². The fraction of sp³-hybridized carbons (Fsp3) is 0.158. The van der Waals surface area contributed by atoms with Crippen molar-refractivity contribution in [1.29, 1.82) is 0 Å². The van der Waals surface area contributed by atoms with Crippen molar-refractivity contribution in [2.75, 3.05) is 29.9 Å². The van der Waals surface area contributed by atoms with Crippen molar-refractivity contribution >= 4 is 23.5 Å². The normalized spacial score (nSPS) is 12.8. The Kier molecular flexibility index (Phi) is 5.34. The van der Waals surface area contributed by atoms with E-state index in [0.29, 0.717) is 13.2 Å². The number of para-hydroxylation sites is 1. The lowest BCUT2D eigenvalue weighted by molar-refractivity contribution is 0.181. The standard InChI is InChI=1S/C19H16FN3O3/c20-16-5-1-2-6-17(16)22-18(24)21-11-3-4-14-7-9-15(10-8-14)23-12-13-26-19(23)25/h1-2,5-10H,11-13H2,(H2,21,22,24).